The number of pyridine rings is 1. The van der Waals surface area contributed by atoms with Crippen molar-refractivity contribution in [3.05, 3.63) is 24.0 Å². The number of hydrogen-bond donors (Lipinski definition) is 1. The highest BCUT2D eigenvalue weighted by atomic mass is 32.2. The summed E-state index contributed by atoms with van der Waals surface area (Å²) < 4.78 is 0. The lowest BCUT2D eigenvalue weighted by atomic mass is 10.3. The molecule has 1 rings (SSSR count). The van der Waals surface area contributed by atoms with Crippen LogP contribution in [-0.4, -0.2) is 35.5 Å². The van der Waals surface area contributed by atoms with Crippen LogP contribution < -0.4 is 5.73 Å². The van der Waals surface area contributed by atoms with Crippen LogP contribution in [0.5, 0.6) is 0 Å². The molecule has 0 aliphatic rings. The Morgan fingerprint density at radius 2 is 2.29 bits per heavy atom. The molecule has 0 atom stereocenters. The predicted molar refractivity (Wildman–Crippen MR) is 63.4 cm³/mol. The minimum absolute atomic E-state index is 0.723. The second-order valence-electron chi connectivity index (χ2n) is 3.31. The quantitative estimate of drug-likeness (QED) is 0.800. The van der Waals surface area contributed by atoms with Crippen molar-refractivity contribution in [2.24, 2.45) is 0 Å². The molecule has 14 heavy (non-hydrogen) atoms. The summed E-state index contributed by atoms with van der Waals surface area (Å²) in [5, 5.41) is 0. The first-order valence-corrected chi connectivity index (χ1v) is 5.99. The Labute approximate surface area is 89.7 Å². The molecule has 1 aromatic heterocycles. The molecule has 2 N–H and O–H groups in total. The van der Waals surface area contributed by atoms with Gasteiger partial charge >= 0.3 is 0 Å². The van der Waals surface area contributed by atoms with Crippen molar-refractivity contribution in [3.8, 4) is 0 Å². The zero-order valence-electron chi connectivity index (χ0n) is 8.73. The number of hydrogen-bond acceptors (Lipinski definition) is 4. The van der Waals surface area contributed by atoms with Crippen LogP contribution in [0.25, 0.3) is 0 Å². The average Bonchev–Trinajstić information content (AvgIpc) is 2.18. The van der Waals surface area contributed by atoms with Gasteiger partial charge in [0.15, 0.2) is 0 Å². The number of nitrogens with two attached hydrogens (primary N) is 1. The molecule has 0 unspecified atom stereocenters. The lowest BCUT2D eigenvalue weighted by molar-refractivity contribution is 0.344. The van der Waals surface area contributed by atoms with E-state index < -0.39 is 0 Å². The topological polar surface area (TPSA) is 42.1 Å². The Bertz CT molecular complexity index is 261. The molecule has 0 saturated carbocycles. The van der Waals surface area contributed by atoms with Gasteiger partial charge in [0.2, 0.25) is 0 Å². The van der Waals surface area contributed by atoms with Crippen molar-refractivity contribution in [3.63, 3.8) is 0 Å². The van der Waals surface area contributed by atoms with E-state index in [9.17, 15) is 0 Å². The van der Waals surface area contributed by atoms with E-state index >= 15 is 0 Å². The molecule has 0 radical (unpaired) electrons. The predicted octanol–water partition coefficient (Wildman–Crippen LogP) is 1.46. The van der Waals surface area contributed by atoms with Gasteiger partial charge in [0.1, 0.15) is 0 Å². The molecule has 0 saturated heterocycles. The maximum absolute atomic E-state index is 5.56. The monoisotopic (exact) mass is 211 g/mol. The normalized spacial score (nSPS) is 10.8. The zero-order chi connectivity index (χ0) is 10.4. The van der Waals surface area contributed by atoms with Gasteiger partial charge in [-0.2, -0.15) is 11.8 Å². The van der Waals surface area contributed by atoms with E-state index in [1.165, 1.54) is 0 Å². The number of rotatable bonds is 5. The maximum atomic E-state index is 5.56. The molecular formula is C10H17N3S. The summed E-state index contributed by atoms with van der Waals surface area (Å²) in [6.45, 7) is 1.98. The maximum Gasteiger partial charge on any atom is 0.0545 e. The molecule has 0 aromatic carbocycles. The van der Waals surface area contributed by atoms with Gasteiger partial charge in [0.25, 0.3) is 0 Å². The molecule has 0 aliphatic carbocycles. The molecule has 4 heteroatoms. The van der Waals surface area contributed by atoms with Gasteiger partial charge in [-0.15, -0.1) is 0 Å². The molecule has 1 heterocycles. The number of aromatic nitrogens is 1. The highest BCUT2D eigenvalue weighted by Gasteiger charge is 2.00. The van der Waals surface area contributed by atoms with Crippen LogP contribution in [0.2, 0.25) is 0 Å². The fraction of sp³-hybridized carbons (Fsp3) is 0.500. The third-order valence-electron chi connectivity index (χ3n) is 1.96. The summed E-state index contributed by atoms with van der Waals surface area (Å²) in [5.41, 5.74) is 7.35. The number of thioether (sulfide) groups is 1. The molecular weight excluding hydrogens is 194 g/mol. The van der Waals surface area contributed by atoms with Gasteiger partial charge in [-0.1, -0.05) is 0 Å². The van der Waals surface area contributed by atoms with Crippen molar-refractivity contribution in [2.45, 2.75) is 6.54 Å². The first-order chi connectivity index (χ1) is 6.72. The van der Waals surface area contributed by atoms with Gasteiger partial charge in [-0.25, -0.2) is 0 Å². The van der Waals surface area contributed by atoms with Crippen LogP contribution in [0.1, 0.15) is 5.69 Å². The summed E-state index contributed by atoms with van der Waals surface area (Å²) in [4.78, 5) is 6.51. The highest BCUT2D eigenvalue weighted by Crippen LogP contribution is 2.04. The van der Waals surface area contributed by atoms with E-state index in [4.69, 9.17) is 5.73 Å². The van der Waals surface area contributed by atoms with E-state index in [1.54, 1.807) is 6.20 Å². The Hall–Kier alpha value is -0.740. The zero-order valence-corrected chi connectivity index (χ0v) is 9.55. The van der Waals surface area contributed by atoms with E-state index in [0.29, 0.717) is 0 Å². The third kappa shape index (κ3) is 3.98. The molecule has 1 aromatic rings. The largest absolute Gasteiger partial charge is 0.397 e. The lowest BCUT2D eigenvalue weighted by Crippen LogP contribution is -2.21. The fourth-order valence-corrected chi connectivity index (χ4v) is 1.63. The van der Waals surface area contributed by atoms with Crippen LogP contribution in [0, 0.1) is 0 Å². The molecule has 78 valence electrons. The Balaban J connectivity index is 2.39. The third-order valence-corrected chi connectivity index (χ3v) is 2.55. The fourth-order valence-electron chi connectivity index (χ4n) is 1.13. The molecule has 0 amide bonds. The SMILES string of the molecule is CSCCN(C)Cc1ccc(N)cn1. The van der Waals surface area contributed by atoms with Gasteiger partial charge in [0, 0.05) is 18.8 Å². The van der Waals surface area contributed by atoms with Crippen molar-refractivity contribution < 1.29 is 0 Å². The van der Waals surface area contributed by atoms with E-state index in [1.807, 2.05) is 23.9 Å². The van der Waals surface area contributed by atoms with Crippen molar-refractivity contribution in [1.29, 1.82) is 0 Å². The first kappa shape index (κ1) is 11.3. The molecule has 0 bridgehead atoms. The molecule has 0 aliphatic heterocycles. The van der Waals surface area contributed by atoms with Crippen LogP contribution in [0.3, 0.4) is 0 Å². The smallest absolute Gasteiger partial charge is 0.0545 e. The molecule has 0 fully saturated rings. The van der Waals surface area contributed by atoms with Crippen molar-refractivity contribution >= 4 is 17.4 Å². The Kier molecular flexibility index (Phi) is 4.76. The molecule has 0 spiro atoms. The highest BCUT2D eigenvalue weighted by molar-refractivity contribution is 7.98. The number of anilines is 1. The van der Waals surface area contributed by atoms with Crippen molar-refractivity contribution in [1.82, 2.24) is 9.88 Å². The van der Waals surface area contributed by atoms with Crippen LogP contribution in [0.4, 0.5) is 5.69 Å². The summed E-state index contributed by atoms with van der Waals surface area (Å²) in [6.07, 6.45) is 3.83. The van der Waals surface area contributed by atoms with Crippen molar-refractivity contribution in [2.75, 3.05) is 31.3 Å². The summed E-state index contributed by atoms with van der Waals surface area (Å²) in [5.74, 6) is 1.16. The minimum atomic E-state index is 0.723. The standard InChI is InChI=1S/C10H17N3S/c1-13(5-6-14-2)8-10-4-3-9(11)7-12-10/h3-4,7H,5-6,8,11H2,1-2H3. The number of nitrogen functional groups attached to an aromatic ring is 1. The van der Waals surface area contributed by atoms with Crippen LogP contribution in [0.15, 0.2) is 18.3 Å². The van der Waals surface area contributed by atoms with Crippen LogP contribution in [-0.2, 0) is 6.54 Å². The summed E-state index contributed by atoms with van der Waals surface area (Å²) in [7, 11) is 2.11. The van der Waals surface area contributed by atoms with Gasteiger partial charge in [-0.05, 0) is 25.4 Å². The minimum Gasteiger partial charge on any atom is -0.397 e. The van der Waals surface area contributed by atoms with Crippen LogP contribution >= 0.6 is 11.8 Å². The second-order valence-corrected chi connectivity index (χ2v) is 4.30. The lowest BCUT2D eigenvalue weighted by Gasteiger charge is -2.15. The summed E-state index contributed by atoms with van der Waals surface area (Å²) in [6, 6.07) is 3.87. The van der Waals surface area contributed by atoms with E-state index in [-0.39, 0.29) is 0 Å². The Morgan fingerprint density at radius 1 is 1.50 bits per heavy atom. The van der Waals surface area contributed by atoms with E-state index in [2.05, 4.69) is 23.2 Å². The average molecular weight is 211 g/mol. The summed E-state index contributed by atoms with van der Waals surface area (Å²) >= 11 is 1.86. The second kappa shape index (κ2) is 5.88. The first-order valence-electron chi connectivity index (χ1n) is 4.60. The van der Waals surface area contributed by atoms with E-state index in [0.717, 1.165) is 30.2 Å². The number of nitrogens with zero attached hydrogens (tertiary/aromatic N) is 2. The van der Waals surface area contributed by atoms with Gasteiger partial charge in [0.05, 0.1) is 17.6 Å². The van der Waals surface area contributed by atoms with Gasteiger partial charge < -0.3 is 5.73 Å². The molecule has 3 nitrogen and oxygen atoms in total. The Morgan fingerprint density at radius 3 is 2.86 bits per heavy atom. The van der Waals surface area contributed by atoms with Gasteiger partial charge in [-0.3, -0.25) is 9.88 Å².